The first-order chi connectivity index (χ1) is 12.0. The highest BCUT2D eigenvalue weighted by molar-refractivity contribution is 5.85. The summed E-state index contributed by atoms with van der Waals surface area (Å²) in [7, 11) is 0. The van der Waals surface area contributed by atoms with Crippen LogP contribution < -0.4 is 11.1 Å². The number of primary amides is 1. The Morgan fingerprint density at radius 1 is 1.12 bits per heavy atom. The Morgan fingerprint density at radius 2 is 1.76 bits per heavy atom. The Kier molecular flexibility index (Phi) is 6.98. The molecule has 0 unspecified atom stereocenters. The highest BCUT2D eigenvalue weighted by Crippen LogP contribution is 2.32. The number of hydrogen-bond donors (Lipinski definition) is 3. The van der Waals surface area contributed by atoms with Gasteiger partial charge in [-0.1, -0.05) is 43.5 Å². The molecule has 25 heavy (non-hydrogen) atoms. The van der Waals surface area contributed by atoms with E-state index in [9.17, 15) is 14.4 Å². The standard InChI is InChI=1S/C19H26N2O4/c20-17(22)11-10-16(19(24)25)21-18(23)12-13-6-8-15(9-7-13)14-4-2-1-3-5-14/h6-9,14,16H,1-5,10-12H2,(H2,20,22)(H,21,23)(H,24,25)/t16-/m0/s1. The van der Waals surface area contributed by atoms with Gasteiger partial charge in [0.2, 0.25) is 11.8 Å². The lowest BCUT2D eigenvalue weighted by molar-refractivity contribution is -0.142. The molecule has 0 aromatic heterocycles. The largest absolute Gasteiger partial charge is 0.480 e. The van der Waals surface area contributed by atoms with Crippen molar-refractivity contribution in [3.8, 4) is 0 Å². The van der Waals surface area contributed by atoms with Crippen LogP contribution in [0, 0.1) is 0 Å². The fraction of sp³-hybridized carbons (Fsp3) is 0.526. The Balaban J connectivity index is 1.88. The van der Waals surface area contributed by atoms with E-state index in [1.165, 1.54) is 37.7 Å². The van der Waals surface area contributed by atoms with E-state index in [1.54, 1.807) is 0 Å². The number of carboxylic acids is 1. The molecule has 1 aromatic carbocycles. The van der Waals surface area contributed by atoms with Crippen LogP contribution in [0.4, 0.5) is 0 Å². The van der Waals surface area contributed by atoms with Gasteiger partial charge in [-0.15, -0.1) is 0 Å². The number of carbonyl (C=O) groups is 3. The second-order valence-corrected chi connectivity index (χ2v) is 6.72. The van der Waals surface area contributed by atoms with Crippen molar-refractivity contribution in [1.82, 2.24) is 5.32 Å². The number of carbonyl (C=O) groups excluding carboxylic acids is 2. The molecule has 1 aliphatic carbocycles. The van der Waals surface area contributed by atoms with Crippen molar-refractivity contribution in [1.29, 1.82) is 0 Å². The number of hydrogen-bond acceptors (Lipinski definition) is 3. The molecule has 0 bridgehead atoms. The molecular formula is C19H26N2O4. The van der Waals surface area contributed by atoms with E-state index < -0.39 is 17.9 Å². The predicted molar refractivity (Wildman–Crippen MR) is 94.0 cm³/mol. The van der Waals surface area contributed by atoms with Crippen LogP contribution in [0.25, 0.3) is 0 Å². The zero-order chi connectivity index (χ0) is 18.2. The Hall–Kier alpha value is -2.37. The van der Waals surface area contributed by atoms with E-state index in [1.807, 2.05) is 12.1 Å². The topological polar surface area (TPSA) is 109 Å². The van der Waals surface area contributed by atoms with Gasteiger partial charge >= 0.3 is 5.97 Å². The van der Waals surface area contributed by atoms with Gasteiger partial charge in [0, 0.05) is 6.42 Å². The maximum atomic E-state index is 12.1. The lowest BCUT2D eigenvalue weighted by atomic mass is 9.84. The Bertz CT molecular complexity index is 606. The number of carboxylic acid groups (broad SMARTS) is 1. The molecule has 2 rings (SSSR count). The van der Waals surface area contributed by atoms with Gasteiger partial charge < -0.3 is 16.2 Å². The summed E-state index contributed by atoms with van der Waals surface area (Å²) in [5.41, 5.74) is 7.18. The van der Waals surface area contributed by atoms with Crippen LogP contribution in [0.1, 0.15) is 62.0 Å². The van der Waals surface area contributed by atoms with Crippen LogP contribution in [0.5, 0.6) is 0 Å². The molecule has 0 radical (unpaired) electrons. The third-order valence-corrected chi connectivity index (χ3v) is 4.73. The number of aliphatic carboxylic acids is 1. The molecule has 136 valence electrons. The van der Waals surface area contributed by atoms with Crippen LogP contribution >= 0.6 is 0 Å². The van der Waals surface area contributed by atoms with Gasteiger partial charge in [-0.25, -0.2) is 4.79 Å². The van der Waals surface area contributed by atoms with Gasteiger partial charge in [-0.05, 0) is 36.3 Å². The number of rotatable bonds is 8. The van der Waals surface area contributed by atoms with Gasteiger partial charge in [0.1, 0.15) is 6.04 Å². The van der Waals surface area contributed by atoms with Crippen LogP contribution in [0.2, 0.25) is 0 Å². The molecule has 2 amide bonds. The summed E-state index contributed by atoms with van der Waals surface area (Å²) in [6.45, 7) is 0. The lowest BCUT2D eigenvalue weighted by Crippen LogP contribution is -2.42. The van der Waals surface area contributed by atoms with Crippen LogP contribution in [0.15, 0.2) is 24.3 Å². The number of benzene rings is 1. The van der Waals surface area contributed by atoms with E-state index in [2.05, 4.69) is 17.4 Å². The van der Waals surface area contributed by atoms with Gasteiger partial charge in [-0.2, -0.15) is 0 Å². The fourth-order valence-corrected chi connectivity index (χ4v) is 3.32. The highest BCUT2D eigenvalue weighted by atomic mass is 16.4. The number of nitrogens with two attached hydrogens (primary N) is 1. The van der Waals surface area contributed by atoms with Crippen molar-refractivity contribution >= 4 is 17.8 Å². The summed E-state index contributed by atoms with van der Waals surface area (Å²) in [5.74, 6) is -1.51. The maximum absolute atomic E-state index is 12.1. The zero-order valence-electron chi connectivity index (χ0n) is 14.4. The van der Waals surface area contributed by atoms with Gasteiger partial charge in [0.25, 0.3) is 0 Å². The van der Waals surface area contributed by atoms with Gasteiger partial charge in [-0.3, -0.25) is 9.59 Å². The molecule has 0 saturated heterocycles. The summed E-state index contributed by atoms with van der Waals surface area (Å²) >= 11 is 0. The minimum absolute atomic E-state index is 0.00295. The summed E-state index contributed by atoms with van der Waals surface area (Å²) < 4.78 is 0. The van der Waals surface area contributed by atoms with E-state index >= 15 is 0 Å². The minimum Gasteiger partial charge on any atom is -0.480 e. The van der Waals surface area contributed by atoms with E-state index in [0.717, 1.165) is 5.56 Å². The molecule has 0 spiro atoms. The smallest absolute Gasteiger partial charge is 0.326 e. The van der Waals surface area contributed by atoms with Gasteiger partial charge in [0.15, 0.2) is 0 Å². The summed E-state index contributed by atoms with van der Waals surface area (Å²) in [5, 5.41) is 11.6. The van der Waals surface area contributed by atoms with E-state index in [-0.39, 0.29) is 25.2 Å². The molecule has 4 N–H and O–H groups in total. The fourth-order valence-electron chi connectivity index (χ4n) is 3.32. The molecule has 1 aromatic rings. The molecule has 1 atom stereocenters. The third kappa shape index (κ3) is 6.21. The molecule has 1 aliphatic rings. The quantitative estimate of drug-likeness (QED) is 0.669. The highest BCUT2D eigenvalue weighted by Gasteiger charge is 2.21. The van der Waals surface area contributed by atoms with Crippen LogP contribution in [-0.2, 0) is 20.8 Å². The molecule has 0 heterocycles. The third-order valence-electron chi connectivity index (χ3n) is 4.73. The van der Waals surface area contributed by atoms with Crippen LogP contribution in [0.3, 0.4) is 0 Å². The zero-order valence-corrected chi connectivity index (χ0v) is 14.4. The van der Waals surface area contributed by atoms with E-state index in [0.29, 0.717) is 5.92 Å². The summed E-state index contributed by atoms with van der Waals surface area (Å²) in [6, 6.07) is 6.91. The molecular weight excluding hydrogens is 320 g/mol. The first-order valence-electron chi connectivity index (χ1n) is 8.85. The minimum atomic E-state index is -1.16. The second-order valence-electron chi connectivity index (χ2n) is 6.72. The molecule has 6 nitrogen and oxygen atoms in total. The molecule has 6 heteroatoms. The Morgan fingerprint density at radius 3 is 2.32 bits per heavy atom. The second kappa shape index (κ2) is 9.20. The average Bonchev–Trinajstić information content (AvgIpc) is 2.59. The SMILES string of the molecule is NC(=O)CC[C@H](NC(=O)Cc1ccc(C2CCCCC2)cc1)C(=O)O. The summed E-state index contributed by atoms with van der Waals surface area (Å²) in [4.78, 5) is 34.0. The Labute approximate surface area is 147 Å². The van der Waals surface area contributed by atoms with Crippen LogP contribution in [-0.4, -0.2) is 28.9 Å². The molecule has 1 fully saturated rings. The van der Waals surface area contributed by atoms with Crippen molar-refractivity contribution in [3.63, 3.8) is 0 Å². The van der Waals surface area contributed by atoms with Crippen molar-refractivity contribution in [3.05, 3.63) is 35.4 Å². The van der Waals surface area contributed by atoms with Crippen molar-refractivity contribution < 1.29 is 19.5 Å². The monoisotopic (exact) mass is 346 g/mol. The molecule has 1 saturated carbocycles. The van der Waals surface area contributed by atoms with E-state index in [4.69, 9.17) is 10.8 Å². The predicted octanol–water partition coefficient (Wildman–Crippen LogP) is 2.11. The van der Waals surface area contributed by atoms with Crippen molar-refractivity contribution in [2.45, 2.75) is 63.3 Å². The van der Waals surface area contributed by atoms with Crippen molar-refractivity contribution in [2.75, 3.05) is 0 Å². The number of nitrogens with one attached hydrogen (secondary N) is 1. The normalized spacial score (nSPS) is 16.2. The number of amides is 2. The average molecular weight is 346 g/mol. The molecule has 0 aliphatic heterocycles. The van der Waals surface area contributed by atoms with Crippen molar-refractivity contribution in [2.24, 2.45) is 5.73 Å². The van der Waals surface area contributed by atoms with Gasteiger partial charge in [0.05, 0.1) is 6.42 Å². The first-order valence-corrected chi connectivity index (χ1v) is 8.85. The summed E-state index contributed by atoms with van der Waals surface area (Å²) in [6.07, 6.45) is 6.35. The lowest BCUT2D eigenvalue weighted by Gasteiger charge is -2.22. The maximum Gasteiger partial charge on any atom is 0.326 e. The first kappa shape index (κ1) is 19.0.